The van der Waals surface area contributed by atoms with E-state index in [-0.39, 0.29) is 12.0 Å². The average molecular weight is 197 g/mol. The number of carbonyl (C=O) groups is 1. The molecule has 0 bridgehead atoms. The second-order valence-corrected chi connectivity index (χ2v) is 3.28. The molecule has 0 amide bonds. The second-order valence-electron chi connectivity index (χ2n) is 3.28. The van der Waals surface area contributed by atoms with E-state index in [1.807, 2.05) is 19.0 Å². The first kappa shape index (κ1) is 10.7. The largest absolute Gasteiger partial charge is 0.468 e. The quantitative estimate of drug-likeness (QED) is 0.693. The van der Waals surface area contributed by atoms with Crippen LogP contribution in [0, 0.1) is 0 Å². The molecule has 5 nitrogen and oxygen atoms in total. The van der Waals surface area contributed by atoms with Crippen molar-refractivity contribution < 1.29 is 9.53 Å². The Kier molecular flexibility index (Phi) is 3.64. The predicted molar refractivity (Wildman–Crippen MR) is 51.8 cm³/mol. The van der Waals surface area contributed by atoms with E-state index in [1.54, 1.807) is 12.5 Å². The summed E-state index contributed by atoms with van der Waals surface area (Å²) in [5.74, 6) is -0.232. The smallest absolute Gasteiger partial charge is 0.323 e. The molecule has 0 radical (unpaired) electrons. The van der Waals surface area contributed by atoms with Crippen molar-refractivity contribution in [3.8, 4) is 0 Å². The van der Waals surface area contributed by atoms with Gasteiger partial charge >= 0.3 is 5.97 Å². The first-order chi connectivity index (χ1) is 6.65. The van der Waals surface area contributed by atoms with E-state index in [0.29, 0.717) is 6.42 Å². The molecule has 0 aliphatic heterocycles. The highest BCUT2D eigenvalue weighted by molar-refractivity contribution is 5.75. The third-order valence-electron chi connectivity index (χ3n) is 2.06. The summed E-state index contributed by atoms with van der Waals surface area (Å²) in [5, 5.41) is 0. The van der Waals surface area contributed by atoms with Gasteiger partial charge in [0.2, 0.25) is 0 Å². The number of likely N-dealkylation sites (N-methyl/N-ethyl adjacent to an activating group) is 1. The van der Waals surface area contributed by atoms with Gasteiger partial charge in [0, 0.05) is 18.3 Å². The van der Waals surface area contributed by atoms with Crippen LogP contribution in [0.1, 0.15) is 5.69 Å². The van der Waals surface area contributed by atoms with Gasteiger partial charge in [-0.1, -0.05) is 0 Å². The van der Waals surface area contributed by atoms with Crippen molar-refractivity contribution >= 4 is 5.97 Å². The van der Waals surface area contributed by atoms with Gasteiger partial charge in [0.1, 0.15) is 6.04 Å². The molecule has 1 rings (SSSR count). The lowest BCUT2D eigenvalue weighted by Gasteiger charge is -2.20. The van der Waals surface area contributed by atoms with Crippen LogP contribution in [-0.2, 0) is 16.0 Å². The number of rotatable bonds is 4. The van der Waals surface area contributed by atoms with Gasteiger partial charge in [0.15, 0.2) is 0 Å². The molecule has 0 saturated heterocycles. The minimum atomic E-state index is -0.263. The van der Waals surface area contributed by atoms with E-state index in [0.717, 1.165) is 5.69 Å². The summed E-state index contributed by atoms with van der Waals surface area (Å²) in [6.45, 7) is 0. The number of carbonyl (C=O) groups excluding carboxylic acids is 1. The molecule has 0 aliphatic carbocycles. The van der Waals surface area contributed by atoms with Crippen molar-refractivity contribution in [1.82, 2.24) is 14.9 Å². The molecule has 0 unspecified atom stereocenters. The van der Waals surface area contributed by atoms with E-state index < -0.39 is 0 Å². The van der Waals surface area contributed by atoms with Gasteiger partial charge in [0.05, 0.1) is 13.4 Å². The molecule has 1 aromatic heterocycles. The molecule has 14 heavy (non-hydrogen) atoms. The van der Waals surface area contributed by atoms with E-state index in [1.165, 1.54) is 7.11 Å². The van der Waals surface area contributed by atoms with Gasteiger partial charge in [-0.05, 0) is 14.1 Å². The monoisotopic (exact) mass is 197 g/mol. The second kappa shape index (κ2) is 4.76. The molecule has 0 aromatic carbocycles. The molecule has 1 heterocycles. The maximum Gasteiger partial charge on any atom is 0.323 e. The van der Waals surface area contributed by atoms with E-state index in [4.69, 9.17) is 4.74 Å². The predicted octanol–water partition coefficient (Wildman–Crippen LogP) is 0.0554. The zero-order chi connectivity index (χ0) is 10.6. The molecule has 0 fully saturated rings. The van der Waals surface area contributed by atoms with Crippen LogP contribution >= 0.6 is 0 Å². The highest BCUT2D eigenvalue weighted by atomic mass is 16.5. The van der Waals surface area contributed by atoms with Gasteiger partial charge < -0.3 is 9.72 Å². The maximum absolute atomic E-state index is 11.4. The van der Waals surface area contributed by atoms with E-state index in [2.05, 4.69) is 9.97 Å². The maximum atomic E-state index is 11.4. The summed E-state index contributed by atoms with van der Waals surface area (Å²) in [6.07, 6.45) is 3.89. The molecule has 1 N–H and O–H groups in total. The summed E-state index contributed by atoms with van der Waals surface area (Å²) >= 11 is 0. The van der Waals surface area contributed by atoms with E-state index in [9.17, 15) is 4.79 Å². The number of nitrogens with one attached hydrogen (secondary N) is 1. The van der Waals surface area contributed by atoms with Crippen LogP contribution in [0.3, 0.4) is 0 Å². The van der Waals surface area contributed by atoms with Gasteiger partial charge in [-0.25, -0.2) is 4.98 Å². The molecular formula is C9H15N3O2. The summed E-state index contributed by atoms with van der Waals surface area (Å²) in [5.41, 5.74) is 0.925. The molecule has 1 aromatic rings. The van der Waals surface area contributed by atoms with Crippen molar-refractivity contribution in [2.24, 2.45) is 0 Å². The first-order valence-electron chi connectivity index (χ1n) is 4.36. The summed E-state index contributed by atoms with van der Waals surface area (Å²) < 4.78 is 4.71. The molecule has 1 atom stereocenters. The number of nitrogens with zero attached hydrogens (tertiary/aromatic N) is 2. The fourth-order valence-electron chi connectivity index (χ4n) is 1.22. The van der Waals surface area contributed by atoms with Crippen LogP contribution in [-0.4, -0.2) is 48.1 Å². The van der Waals surface area contributed by atoms with Gasteiger partial charge in [-0.15, -0.1) is 0 Å². The lowest BCUT2D eigenvalue weighted by Crippen LogP contribution is -2.38. The Hall–Kier alpha value is -1.36. The number of ether oxygens (including phenoxy) is 1. The summed E-state index contributed by atoms with van der Waals surface area (Å²) in [4.78, 5) is 20.1. The Balaban J connectivity index is 2.65. The fourth-order valence-corrected chi connectivity index (χ4v) is 1.22. The number of aromatic nitrogens is 2. The van der Waals surface area contributed by atoms with Gasteiger partial charge in [-0.3, -0.25) is 9.69 Å². The minimum absolute atomic E-state index is 0.232. The summed E-state index contributed by atoms with van der Waals surface area (Å²) in [6, 6.07) is -0.263. The van der Waals surface area contributed by atoms with Crippen LogP contribution in [0.25, 0.3) is 0 Å². The normalized spacial score (nSPS) is 12.9. The highest BCUT2D eigenvalue weighted by Crippen LogP contribution is 2.04. The number of H-pyrrole nitrogens is 1. The number of methoxy groups -OCH3 is 1. The third-order valence-corrected chi connectivity index (χ3v) is 2.06. The Bertz CT molecular complexity index is 282. The number of esters is 1. The van der Waals surface area contributed by atoms with Crippen molar-refractivity contribution in [1.29, 1.82) is 0 Å². The van der Waals surface area contributed by atoms with E-state index >= 15 is 0 Å². The topological polar surface area (TPSA) is 58.2 Å². The third kappa shape index (κ3) is 2.56. The standard InChI is InChI=1S/C9H15N3O2/c1-12(2)8(9(13)14-3)4-7-5-10-6-11-7/h5-6,8H,4H2,1-3H3,(H,10,11)/t8-/m1/s1. The van der Waals surface area contributed by atoms with Crippen LogP contribution < -0.4 is 0 Å². The Morgan fingerprint density at radius 2 is 2.43 bits per heavy atom. The van der Waals surface area contributed by atoms with Crippen LogP contribution in [0.2, 0.25) is 0 Å². The Labute approximate surface area is 83.1 Å². The van der Waals surface area contributed by atoms with Crippen LogP contribution in [0.4, 0.5) is 0 Å². The molecule has 78 valence electrons. The zero-order valence-electron chi connectivity index (χ0n) is 8.65. The van der Waals surface area contributed by atoms with Crippen molar-refractivity contribution in [2.45, 2.75) is 12.5 Å². The fraction of sp³-hybridized carbons (Fsp3) is 0.556. The SMILES string of the molecule is COC(=O)[C@@H](Cc1cnc[nH]1)N(C)C. The lowest BCUT2D eigenvalue weighted by molar-refractivity contribution is -0.145. The summed E-state index contributed by atoms with van der Waals surface area (Å²) in [7, 11) is 5.09. The Morgan fingerprint density at radius 3 is 2.86 bits per heavy atom. The van der Waals surface area contributed by atoms with Gasteiger partial charge in [-0.2, -0.15) is 0 Å². The minimum Gasteiger partial charge on any atom is -0.468 e. The molecular weight excluding hydrogens is 182 g/mol. The molecule has 0 aliphatic rings. The molecule has 0 saturated carbocycles. The van der Waals surface area contributed by atoms with Gasteiger partial charge in [0.25, 0.3) is 0 Å². The lowest BCUT2D eigenvalue weighted by atomic mass is 10.1. The van der Waals surface area contributed by atoms with Crippen molar-refractivity contribution in [3.63, 3.8) is 0 Å². The number of hydrogen-bond acceptors (Lipinski definition) is 4. The number of imidazole rings is 1. The van der Waals surface area contributed by atoms with Crippen LogP contribution in [0.5, 0.6) is 0 Å². The Morgan fingerprint density at radius 1 is 1.71 bits per heavy atom. The first-order valence-corrected chi connectivity index (χ1v) is 4.36. The van der Waals surface area contributed by atoms with Crippen LogP contribution in [0.15, 0.2) is 12.5 Å². The van der Waals surface area contributed by atoms with Crippen molar-refractivity contribution in [2.75, 3.05) is 21.2 Å². The molecule has 5 heteroatoms. The zero-order valence-corrected chi connectivity index (χ0v) is 8.65. The van der Waals surface area contributed by atoms with Crippen molar-refractivity contribution in [3.05, 3.63) is 18.2 Å². The highest BCUT2D eigenvalue weighted by Gasteiger charge is 2.22. The molecule has 0 spiro atoms. The number of aromatic amines is 1. The average Bonchev–Trinajstić information content (AvgIpc) is 2.65. The number of hydrogen-bond donors (Lipinski definition) is 1.